The summed E-state index contributed by atoms with van der Waals surface area (Å²) < 4.78 is 0. The molecule has 27 heavy (non-hydrogen) atoms. The van der Waals surface area contributed by atoms with E-state index in [-0.39, 0.29) is 5.43 Å². The summed E-state index contributed by atoms with van der Waals surface area (Å²) in [6, 6.07) is 10.7. The van der Waals surface area contributed by atoms with Crippen molar-refractivity contribution in [3.63, 3.8) is 0 Å². The Morgan fingerprint density at radius 3 is 2.81 bits per heavy atom. The maximum Gasteiger partial charge on any atom is 0.194 e. The summed E-state index contributed by atoms with van der Waals surface area (Å²) in [6.07, 6.45) is 6.63. The van der Waals surface area contributed by atoms with E-state index in [9.17, 15) is 4.79 Å². The van der Waals surface area contributed by atoms with Crippen LogP contribution in [0.3, 0.4) is 0 Å². The molecule has 0 bridgehead atoms. The van der Waals surface area contributed by atoms with Gasteiger partial charge in [-0.15, -0.1) is 0 Å². The van der Waals surface area contributed by atoms with Crippen LogP contribution < -0.4 is 10.7 Å². The van der Waals surface area contributed by atoms with Crippen LogP contribution in [0.5, 0.6) is 0 Å². The third-order valence-electron chi connectivity index (χ3n) is 5.00. The fourth-order valence-corrected chi connectivity index (χ4v) is 3.69. The van der Waals surface area contributed by atoms with Gasteiger partial charge in [0.15, 0.2) is 5.43 Å². The molecule has 4 rings (SSSR count). The molecule has 2 heterocycles. The standard InChI is InChI=1S/C20H20N6O/c21-26-24-7-3-6-15-11-22-20-18(19(15)27)10-17(12-23-20)25-16-8-13-4-1-2-5-14(13)9-16/h1-2,4-5,10-12,16,25H,3,6-9H2,(H,22,23,27). The van der Waals surface area contributed by atoms with Crippen LogP contribution in [0.1, 0.15) is 23.1 Å². The molecule has 0 fully saturated rings. The zero-order valence-corrected chi connectivity index (χ0v) is 14.9. The monoisotopic (exact) mass is 360 g/mol. The number of aryl methyl sites for hydroxylation is 1. The number of hydrogen-bond donors (Lipinski definition) is 2. The van der Waals surface area contributed by atoms with Crippen molar-refractivity contribution in [2.75, 3.05) is 11.9 Å². The van der Waals surface area contributed by atoms with E-state index in [0.29, 0.717) is 42.0 Å². The van der Waals surface area contributed by atoms with E-state index in [1.165, 1.54) is 11.1 Å². The first-order valence-corrected chi connectivity index (χ1v) is 9.09. The summed E-state index contributed by atoms with van der Waals surface area (Å²) in [5, 5.41) is 7.61. The molecule has 0 amide bonds. The molecule has 2 aromatic heterocycles. The van der Waals surface area contributed by atoms with Gasteiger partial charge in [-0.3, -0.25) is 4.79 Å². The van der Waals surface area contributed by atoms with Crippen LogP contribution in [0.2, 0.25) is 0 Å². The predicted molar refractivity (Wildman–Crippen MR) is 106 cm³/mol. The number of aromatic nitrogens is 2. The van der Waals surface area contributed by atoms with Gasteiger partial charge < -0.3 is 10.3 Å². The SMILES string of the molecule is [N-]=[N+]=NCCCc1c[nH]c2ncc(NC3Cc4ccccc4C3)cc2c1=O. The molecule has 1 aliphatic carbocycles. The van der Waals surface area contributed by atoms with E-state index in [0.717, 1.165) is 18.5 Å². The van der Waals surface area contributed by atoms with Crippen LogP contribution in [-0.2, 0) is 19.3 Å². The average molecular weight is 360 g/mol. The summed E-state index contributed by atoms with van der Waals surface area (Å²) in [4.78, 5) is 23.0. The number of nitrogens with one attached hydrogen (secondary N) is 2. The van der Waals surface area contributed by atoms with Crippen molar-refractivity contribution in [2.24, 2.45) is 5.11 Å². The smallest absolute Gasteiger partial charge is 0.194 e. The molecule has 136 valence electrons. The summed E-state index contributed by atoms with van der Waals surface area (Å²) in [5.74, 6) is 0. The second kappa shape index (κ2) is 7.51. The maximum atomic E-state index is 12.8. The number of pyridine rings is 2. The second-order valence-corrected chi connectivity index (χ2v) is 6.84. The zero-order valence-electron chi connectivity index (χ0n) is 14.9. The van der Waals surface area contributed by atoms with Gasteiger partial charge in [-0.05, 0) is 48.4 Å². The molecular formula is C20H20N6O. The Labute approximate surface area is 156 Å². The van der Waals surface area contributed by atoms with Gasteiger partial charge in [0.05, 0.1) is 17.3 Å². The highest BCUT2D eigenvalue weighted by Gasteiger charge is 2.20. The Bertz CT molecular complexity index is 1060. The molecule has 0 spiro atoms. The molecule has 1 aliphatic rings. The van der Waals surface area contributed by atoms with Crippen molar-refractivity contribution in [1.82, 2.24) is 9.97 Å². The second-order valence-electron chi connectivity index (χ2n) is 6.84. The molecule has 7 nitrogen and oxygen atoms in total. The number of azide groups is 1. The molecule has 0 radical (unpaired) electrons. The Morgan fingerprint density at radius 2 is 2.07 bits per heavy atom. The van der Waals surface area contributed by atoms with Crippen LogP contribution in [-0.4, -0.2) is 22.6 Å². The van der Waals surface area contributed by atoms with Crippen molar-refractivity contribution in [1.29, 1.82) is 0 Å². The molecule has 7 heteroatoms. The number of H-pyrrole nitrogens is 1. The van der Waals surface area contributed by atoms with Crippen molar-refractivity contribution in [2.45, 2.75) is 31.7 Å². The molecule has 1 aromatic carbocycles. The molecule has 0 saturated heterocycles. The quantitative estimate of drug-likeness (QED) is 0.302. The highest BCUT2D eigenvalue weighted by Crippen LogP contribution is 2.24. The van der Waals surface area contributed by atoms with E-state index in [2.05, 4.69) is 49.6 Å². The third kappa shape index (κ3) is 3.64. The minimum atomic E-state index is -0.0180. The number of aromatic amines is 1. The number of hydrogen-bond acceptors (Lipinski definition) is 4. The van der Waals surface area contributed by atoms with E-state index < -0.39 is 0 Å². The van der Waals surface area contributed by atoms with Gasteiger partial charge in [0.25, 0.3) is 0 Å². The summed E-state index contributed by atoms with van der Waals surface area (Å²) in [5.41, 5.74) is 13.2. The lowest BCUT2D eigenvalue weighted by Gasteiger charge is -2.14. The molecule has 0 aliphatic heterocycles. The minimum absolute atomic E-state index is 0.0180. The normalized spacial score (nSPS) is 13.3. The van der Waals surface area contributed by atoms with Crippen LogP contribution >= 0.6 is 0 Å². The lowest BCUT2D eigenvalue weighted by atomic mass is 10.1. The number of fused-ring (bicyclic) bond motifs is 2. The van der Waals surface area contributed by atoms with Crippen LogP contribution in [0.15, 0.2) is 52.6 Å². The fourth-order valence-electron chi connectivity index (χ4n) is 3.69. The highest BCUT2D eigenvalue weighted by molar-refractivity contribution is 5.78. The van der Waals surface area contributed by atoms with Gasteiger partial charge in [-0.2, -0.15) is 0 Å². The molecule has 3 aromatic rings. The minimum Gasteiger partial charge on any atom is -0.380 e. The number of rotatable bonds is 6. The van der Waals surface area contributed by atoms with Gasteiger partial charge in [-0.1, -0.05) is 29.4 Å². The predicted octanol–water partition coefficient (Wildman–Crippen LogP) is 3.75. The third-order valence-corrected chi connectivity index (χ3v) is 5.00. The van der Waals surface area contributed by atoms with Crippen LogP contribution in [0, 0.1) is 0 Å². The topological polar surface area (TPSA) is 107 Å². The van der Waals surface area contributed by atoms with Gasteiger partial charge in [-0.25, -0.2) is 4.98 Å². The van der Waals surface area contributed by atoms with Crippen LogP contribution in [0.25, 0.3) is 21.5 Å². The molecule has 0 saturated carbocycles. The van der Waals surface area contributed by atoms with Gasteiger partial charge >= 0.3 is 0 Å². The van der Waals surface area contributed by atoms with Gasteiger partial charge in [0, 0.05) is 29.3 Å². The molecule has 0 atom stereocenters. The first-order valence-electron chi connectivity index (χ1n) is 9.09. The van der Waals surface area contributed by atoms with E-state index in [4.69, 9.17) is 5.53 Å². The van der Waals surface area contributed by atoms with E-state index >= 15 is 0 Å². The maximum absolute atomic E-state index is 12.8. The Balaban J connectivity index is 1.53. The number of benzene rings is 1. The summed E-state index contributed by atoms with van der Waals surface area (Å²) in [6.45, 7) is 0.385. The molecule has 0 unspecified atom stereocenters. The van der Waals surface area contributed by atoms with Crippen molar-refractivity contribution < 1.29 is 0 Å². The molecule has 2 N–H and O–H groups in total. The van der Waals surface area contributed by atoms with Gasteiger partial charge in [0.1, 0.15) is 5.65 Å². The lowest BCUT2D eigenvalue weighted by molar-refractivity contribution is 0.774. The Kier molecular flexibility index (Phi) is 4.77. The van der Waals surface area contributed by atoms with Crippen molar-refractivity contribution in [3.05, 3.63) is 80.1 Å². The molecular weight excluding hydrogens is 340 g/mol. The Morgan fingerprint density at radius 1 is 1.30 bits per heavy atom. The van der Waals surface area contributed by atoms with E-state index in [1.807, 2.05) is 6.07 Å². The average Bonchev–Trinajstić information content (AvgIpc) is 3.09. The van der Waals surface area contributed by atoms with E-state index in [1.54, 1.807) is 12.4 Å². The lowest BCUT2D eigenvalue weighted by Crippen LogP contribution is -2.20. The fraction of sp³-hybridized carbons (Fsp3) is 0.300. The number of anilines is 1. The highest BCUT2D eigenvalue weighted by atomic mass is 16.1. The van der Waals surface area contributed by atoms with Crippen LogP contribution in [0.4, 0.5) is 5.69 Å². The van der Waals surface area contributed by atoms with Crippen molar-refractivity contribution in [3.8, 4) is 0 Å². The first-order chi connectivity index (χ1) is 13.2. The van der Waals surface area contributed by atoms with Gasteiger partial charge in [0.2, 0.25) is 0 Å². The summed E-state index contributed by atoms with van der Waals surface area (Å²) in [7, 11) is 0. The largest absolute Gasteiger partial charge is 0.380 e. The zero-order chi connectivity index (χ0) is 18.6. The summed E-state index contributed by atoms with van der Waals surface area (Å²) >= 11 is 0. The number of nitrogens with zero attached hydrogens (tertiary/aromatic N) is 4. The van der Waals surface area contributed by atoms with Crippen molar-refractivity contribution >= 4 is 16.7 Å². The Hall–Kier alpha value is -3.31. The first kappa shape index (κ1) is 17.1.